The van der Waals surface area contributed by atoms with Crippen LogP contribution >= 0.6 is 0 Å². The zero-order valence-corrected chi connectivity index (χ0v) is 7.78. The molecule has 2 aromatic rings. The van der Waals surface area contributed by atoms with Crippen LogP contribution in [0, 0.1) is 0 Å². The molecule has 0 bridgehead atoms. The monoisotopic (exact) mass is 190 g/mol. The Morgan fingerprint density at radius 3 is 3.14 bits per heavy atom. The predicted molar refractivity (Wildman–Crippen MR) is 53.5 cm³/mol. The second-order valence-corrected chi connectivity index (χ2v) is 2.86. The Balaban J connectivity index is 2.58. The van der Waals surface area contributed by atoms with Gasteiger partial charge in [0.05, 0.1) is 23.8 Å². The van der Waals surface area contributed by atoms with Crippen molar-refractivity contribution in [1.29, 1.82) is 0 Å². The third-order valence-corrected chi connectivity index (χ3v) is 1.86. The summed E-state index contributed by atoms with van der Waals surface area (Å²) >= 11 is 0. The van der Waals surface area contributed by atoms with Gasteiger partial charge in [-0.15, -0.1) is 0 Å². The van der Waals surface area contributed by atoms with Gasteiger partial charge < -0.3 is 9.72 Å². The summed E-state index contributed by atoms with van der Waals surface area (Å²) in [5.41, 5.74) is 1.25. The Bertz CT molecular complexity index is 505. The summed E-state index contributed by atoms with van der Waals surface area (Å²) in [5.74, 6) is 0.739. The van der Waals surface area contributed by atoms with Gasteiger partial charge in [-0.2, -0.15) is 0 Å². The van der Waals surface area contributed by atoms with Gasteiger partial charge in [0.1, 0.15) is 5.75 Å². The zero-order chi connectivity index (χ0) is 9.97. The second-order valence-electron chi connectivity index (χ2n) is 2.86. The van der Waals surface area contributed by atoms with Crippen molar-refractivity contribution in [2.24, 2.45) is 0 Å². The van der Waals surface area contributed by atoms with E-state index in [1.54, 1.807) is 6.07 Å². The summed E-state index contributed by atoms with van der Waals surface area (Å²) in [6, 6.07) is 5.42. The number of hydrogen-bond donors (Lipinski definition) is 1. The van der Waals surface area contributed by atoms with Gasteiger partial charge in [-0.1, -0.05) is 0 Å². The molecule has 4 nitrogen and oxygen atoms in total. The number of rotatable bonds is 2. The normalized spacial score (nSPS) is 10.4. The molecule has 0 atom stereocenters. The van der Waals surface area contributed by atoms with Crippen LogP contribution in [0.4, 0.5) is 0 Å². The first kappa shape index (κ1) is 8.74. The Morgan fingerprint density at radius 1 is 1.50 bits per heavy atom. The number of nitrogens with one attached hydrogen (secondary N) is 1. The van der Waals surface area contributed by atoms with E-state index >= 15 is 0 Å². The van der Waals surface area contributed by atoms with Crippen LogP contribution in [0.3, 0.4) is 0 Å². The molecule has 1 heterocycles. The van der Waals surface area contributed by atoms with Crippen molar-refractivity contribution in [3.8, 4) is 5.75 Å². The highest BCUT2D eigenvalue weighted by atomic mass is 16.5. The average molecular weight is 190 g/mol. The van der Waals surface area contributed by atoms with E-state index in [1.165, 1.54) is 6.20 Å². The van der Waals surface area contributed by atoms with Crippen LogP contribution < -0.4 is 10.3 Å². The number of aromatic amines is 1. The van der Waals surface area contributed by atoms with E-state index in [0.29, 0.717) is 12.1 Å². The first-order valence-electron chi connectivity index (χ1n) is 4.41. The van der Waals surface area contributed by atoms with Crippen LogP contribution in [0.2, 0.25) is 0 Å². The summed E-state index contributed by atoms with van der Waals surface area (Å²) in [4.78, 5) is 17.7. The van der Waals surface area contributed by atoms with E-state index in [2.05, 4.69) is 9.97 Å². The van der Waals surface area contributed by atoms with Crippen molar-refractivity contribution < 1.29 is 4.74 Å². The fraction of sp³-hybridized carbons (Fsp3) is 0.200. The topological polar surface area (TPSA) is 55.0 Å². The van der Waals surface area contributed by atoms with Crippen LogP contribution in [0.25, 0.3) is 11.0 Å². The highest BCUT2D eigenvalue weighted by Crippen LogP contribution is 2.15. The molecule has 0 saturated heterocycles. The van der Waals surface area contributed by atoms with Gasteiger partial charge in [0.15, 0.2) is 0 Å². The van der Waals surface area contributed by atoms with Crippen LogP contribution in [0.1, 0.15) is 6.92 Å². The molecular formula is C10H10N2O2. The zero-order valence-electron chi connectivity index (χ0n) is 7.78. The molecule has 0 aliphatic rings. The molecular weight excluding hydrogens is 180 g/mol. The maximum Gasteiger partial charge on any atom is 0.266 e. The van der Waals surface area contributed by atoms with Crippen LogP contribution in [0.5, 0.6) is 5.75 Å². The molecule has 0 spiro atoms. The molecule has 0 aliphatic carbocycles. The van der Waals surface area contributed by atoms with Crippen molar-refractivity contribution in [3.63, 3.8) is 0 Å². The number of aromatic nitrogens is 2. The lowest BCUT2D eigenvalue weighted by molar-refractivity contribution is 0.340. The van der Waals surface area contributed by atoms with E-state index in [9.17, 15) is 4.79 Å². The number of fused-ring (bicyclic) bond motifs is 1. The third kappa shape index (κ3) is 1.59. The Labute approximate surface area is 80.6 Å². The van der Waals surface area contributed by atoms with Gasteiger partial charge in [0.25, 0.3) is 5.56 Å². The van der Waals surface area contributed by atoms with Crippen molar-refractivity contribution in [2.45, 2.75) is 6.92 Å². The fourth-order valence-electron chi connectivity index (χ4n) is 1.28. The highest BCUT2D eigenvalue weighted by molar-refractivity contribution is 5.75. The van der Waals surface area contributed by atoms with Crippen molar-refractivity contribution in [1.82, 2.24) is 9.97 Å². The van der Waals surface area contributed by atoms with Gasteiger partial charge >= 0.3 is 0 Å². The lowest BCUT2D eigenvalue weighted by atomic mass is 10.3. The lowest BCUT2D eigenvalue weighted by Crippen LogP contribution is -2.04. The minimum absolute atomic E-state index is 0.203. The number of ether oxygens (including phenoxy) is 1. The van der Waals surface area contributed by atoms with Crippen LogP contribution in [-0.4, -0.2) is 16.6 Å². The van der Waals surface area contributed by atoms with E-state index in [-0.39, 0.29) is 5.56 Å². The van der Waals surface area contributed by atoms with Crippen LogP contribution in [-0.2, 0) is 0 Å². The molecule has 0 fully saturated rings. The average Bonchev–Trinajstić information content (AvgIpc) is 2.17. The standard InChI is InChI=1S/C10H10N2O2/c1-2-14-7-3-4-8-9(5-7)12-10(13)6-11-8/h3-6H,2H2,1H3,(H,12,13). The molecule has 0 unspecified atom stereocenters. The SMILES string of the molecule is CCOc1ccc2ncc(=O)[nH]c2c1. The molecule has 14 heavy (non-hydrogen) atoms. The highest BCUT2D eigenvalue weighted by Gasteiger charge is 1.98. The summed E-state index contributed by atoms with van der Waals surface area (Å²) in [6.45, 7) is 2.52. The van der Waals surface area contributed by atoms with Crippen molar-refractivity contribution in [3.05, 3.63) is 34.7 Å². The molecule has 2 rings (SSSR count). The maximum absolute atomic E-state index is 11.0. The summed E-state index contributed by atoms with van der Waals surface area (Å²) in [7, 11) is 0. The number of H-pyrrole nitrogens is 1. The molecule has 1 aromatic carbocycles. The Kier molecular flexibility index (Phi) is 2.18. The molecule has 72 valence electrons. The summed E-state index contributed by atoms with van der Waals surface area (Å²) in [6.07, 6.45) is 1.27. The van der Waals surface area contributed by atoms with E-state index in [0.717, 1.165) is 11.3 Å². The predicted octanol–water partition coefficient (Wildman–Crippen LogP) is 1.32. The fourth-order valence-corrected chi connectivity index (χ4v) is 1.28. The first-order chi connectivity index (χ1) is 6.79. The maximum atomic E-state index is 11.0. The second kappa shape index (κ2) is 3.49. The summed E-state index contributed by atoms with van der Waals surface area (Å²) in [5, 5.41) is 0. The Hall–Kier alpha value is -1.84. The van der Waals surface area contributed by atoms with Gasteiger partial charge in [-0.25, -0.2) is 4.98 Å². The molecule has 1 N–H and O–H groups in total. The smallest absolute Gasteiger partial charge is 0.266 e. The minimum Gasteiger partial charge on any atom is -0.494 e. The molecule has 4 heteroatoms. The van der Waals surface area contributed by atoms with Gasteiger partial charge in [-0.3, -0.25) is 4.79 Å². The Morgan fingerprint density at radius 2 is 2.36 bits per heavy atom. The molecule has 0 amide bonds. The van der Waals surface area contributed by atoms with Crippen LogP contribution in [0.15, 0.2) is 29.2 Å². The number of nitrogens with zero attached hydrogens (tertiary/aromatic N) is 1. The molecule has 0 radical (unpaired) electrons. The van der Waals surface area contributed by atoms with E-state index < -0.39 is 0 Å². The molecule has 0 aliphatic heterocycles. The molecule has 0 saturated carbocycles. The number of hydrogen-bond acceptors (Lipinski definition) is 3. The minimum atomic E-state index is -0.203. The van der Waals surface area contributed by atoms with Gasteiger partial charge in [0.2, 0.25) is 0 Å². The first-order valence-corrected chi connectivity index (χ1v) is 4.41. The molecule has 1 aromatic heterocycles. The van der Waals surface area contributed by atoms with Gasteiger partial charge in [-0.05, 0) is 19.1 Å². The summed E-state index contributed by atoms with van der Waals surface area (Å²) < 4.78 is 5.30. The lowest BCUT2D eigenvalue weighted by Gasteiger charge is -2.03. The van der Waals surface area contributed by atoms with Gasteiger partial charge in [0, 0.05) is 6.07 Å². The van der Waals surface area contributed by atoms with Crippen molar-refractivity contribution in [2.75, 3.05) is 6.61 Å². The van der Waals surface area contributed by atoms with Crippen molar-refractivity contribution >= 4 is 11.0 Å². The number of benzene rings is 1. The quantitative estimate of drug-likeness (QED) is 0.777. The third-order valence-electron chi connectivity index (χ3n) is 1.86. The van der Waals surface area contributed by atoms with E-state index in [4.69, 9.17) is 4.74 Å². The largest absolute Gasteiger partial charge is 0.494 e. The van der Waals surface area contributed by atoms with E-state index in [1.807, 2.05) is 19.1 Å².